The fourth-order valence-electron chi connectivity index (χ4n) is 1.16. The zero-order valence-corrected chi connectivity index (χ0v) is 7.98. The minimum Gasteiger partial charge on any atom is -0.303 e. The molecule has 0 aliphatic heterocycles. The number of unbranched alkanes of at least 4 members (excludes halogenated alkanes) is 3. The molecule has 0 saturated heterocycles. The summed E-state index contributed by atoms with van der Waals surface area (Å²) in [5.74, 6) is 0. The summed E-state index contributed by atoms with van der Waals surface area (Å²) in [4.78, 5) is 11.5. The highest BCUT2D eigenvalue weighted by atomic mass is 32.1. The zero-order chi connectivity index (χ0) is 8.65. The highest BCUT2D eigenvalue weighted by Crippen LogP contribution is 2.12. The van der Waals surface area contributed by atoms with Gasteiger partial charge in [-0.1, -0.05) is 12.5 Å². The number of aldehydes is 1. The first kappa shape index (κ1) is 9.46. The second-order valence-electron chi connectivity index (χ2n) is 2.85. The first-order valence-electron chi connectivity index (χ1n) is 4.39. The molecule has 0 aromatic carbocycles. The van der Waals surface area contributed by atoms with Crippen molar-refractivity contribution in [3.63, 3.8) is 0 Å². The maximum atomic E-state index is 10.00. The van der Waals surface area contributed by atoms with E-state index in [9.17, 15) is 4.79 Å². The molecule has 0 unspecified atom stereocenters. The van der Waals surface area contributed by atoms with Crippen LogP contribution >= 0.6 is 11.3 Å². The monoisotopic (exact) mass is 182 g/mol. The molecule has 0 bridgehead atoms. The van der Waals surface area contributed by atoms with Gasteiger partial charge in [0.25, 0.3) is 0 Å². The van der Waals surface area contributed by atoms with Gasteiger partial charge in [0.15, 0.2) is 0 Å². The Labute approximate surface area is 77.4 Å². The van der Waals surface area contributed by atoms with Gasteiger partial charge in [0.05, 0.1) is 0 Å². The quantitative estimate of drug-likeness (QED) is 0.488. The Morgan fingerprint density at radius 3 is 2.92 bits per heavy atom. The molecule has 1 rings (SSSR count). The van der Waals surface area contributed by atoms with Gasteiger partial charge in [-0.25, -0.2) is 0 Å². The van der Waals surface area contributed by atoms with E-state index in [2.05, 4.69) is 17.5 Å². The zero-order valence-electron chi connectivity index (χ0n) is 7.16. The van der Waals surface area contributed by atoms with Gasteiger partial charge < -0.3 is 4.79 Å². The number of rotatable bonds is 6. The Hall–Kier alpha value is -0.630. The fraction of sp³-hybridized carbons (Fsp3) is 0.500. The molecule has 0 spiro atoms. The van der Waals surface area contributed by atoms with Crippen molar-refractivity contribution < 1.29 is 4.79 Å². The van der Waals surface area contributed by atoms with Crippen LogP contribution in [-0.4, -0.2) is 6.29 Å². The highest BCUT2D eigenvalue weighted by molar-refractivity contribution is 7.09. The lowest BCUT2D eigenvalue weighted by Crippen LogP contribution is -1.82. The highest BCUT2D eigenvalue weighted by Gasteiger charge is 1.93. The van der Waals surface area contributed by atoms with Crippen molar-refractivity contribution in [2.45, 2.75) is 32.1 Å². The molecular weight excluding hydrogens is 168 g/mol. The molecule has 0 aliphatic carbocycles. The van der Waals surface area contributed by atoms with Gasteiger partial charge in [0.2, 0.25) is 0 Å². The van der Waals surface area contributed by atoms with Crippen molar-refractivity contribution in [3.05, 3.63) is 22.4 Å². The Morgan fingerprint density at radius 2 is 2.25 bits per heavy atom. The molecular formula is C10H14OS. The second-order valence-corrected chi connectivity index (χ2v) is 3.88. The lowest BCUT2D eigenvalue weighted by molar-refractivity contribution is -0.107. The molecule has 1 aromatic heterocycles. The van der Waals surface area contributed by atoms with Gasteiger partial charge in [0, 0.05) is 11.3 Å². The van der Waals surface area contributed by atoms with Crippen LogP contribution in [0.15, 0.2) is 17.5 Å². The van der Waals surface area contributed by atoms with Gasteiger partial charge >= 0.3 is 0 Å². The van der Waals surface area contributed by atoms with Crippen LogP contribution in [0, 0.1) is 0 Å². The molecule has 1 heterocycles. The lowest BCUT2D eigenvalue weighted by Gasteiger charge is -1.95. The number of carbonyl (C=O) groups is 1. The van der Waals surface area contributed by atoms with Gasteiger partial charge in [0.1, 0.15) is 6.29 Å². The number of hydrogen-bond acceptors (Lipinski definition) is 2. The molecule has 0 atom stereocenters. The lowest BCUT2D eigenvalue weighted by atomic mass is 10.1. The van der Waals surface area contributed by atoms with Crippen LogP contribution in [-0.2, 0) is 11.2 Å². The summed E-state index contributed by atoms with van der Waals surface area (Å²) in [6.07, 6.45) is 6.35. The number of carbonyl (C=O) groups excluding carboxylic acids is 1. The third kappa shape index (κ3) is 3.67. The minimum absolute atomic E-state index is 0.727. The van der Waals surface area contributed by atoms with Crippen molar-refractivity contribution in [1.29, 1.82) is 0 Å². The summed E-state index contributed by atoms with van der Waals surface area (Å²) in [7, 11) is 0. The van der Waals surface area contributed by atoms with Crippen LogP contribution in [0.4, 0.5) is 0 Å². The molecule has 0 amide bonds. The van der Waals surface area contributed by atoms with Crippen molar-refractivity contribution in [2.24, 2.45) is 0 Å². The average Bonchev–Trinajstić information content (AvgIpc) is 2.57. The molecule has 0 radical (unpaired) electrons. The smallest absolute Gasteiger partial charge is 0.119 e. The Kier molecular flexibility index (Phi) is 4.69. The maximum Gasteiger partial charge on any atom is 0.119 e. The van der Waals surface area contributed by atoms with Crippen molar-refractivity contribution in [1.82, 2.24) is 0 Å². The molecule has 0 aliphatic rings. The first-order chi connectivity index (χ1) is 5.93. The molecule has 66 valence electrons. The van der Waals surface area contributed by atoms with E-state index >= 15 is 0 Å². The number of hydrogen-bond donors (Lipinski definition) is 0. The maximum absolute atomic E-state index is 10.00. The van der Waals surface area contributed by atoms with E-state index in [0.29, 0.717) is 0 Å². The van der Waals surface area contributed by atoms with Crippen LogP contribution in [0.1, 0.15) is 30.6 Å². The van der Waals surface area contributed by atoms with Crippen LogP contribution in [0.25, 0.3) is 0 Å². The van der Waals surface area contributed by atoms with E-state index in [1.165, 1.54) is 24.1 Å². The predicted molar refractivity (Wildman–Crippen MR) is 52.6 cm³/mol. The van der Waals surface area contributed by atoms with Crippen molar-refractivity contribution in [2.75, 3.05) is 0 Å². The standard InChI is InChI=1S/C10H14OS/c11-8-4-2-1-3-6-10-7-5-9-12-10/h5,7-9H,1-4,6H2. The van der Waals surface area contributed by atoms with Gasteiger partial charge in [-0.05, 0) is 30.7 Å². The summed E-state index contributed by atoms with van der Waals surface area (Å²) < 4.78 is 0. The molecule has 0 N–H and O–H groups in total. The summed E-state index contributed by atoms with van der Waals surface area (Å²) in [6, 6.07) is 4.26. The second kappa shape index (κ2) is 5.95. The van der Waals surface area contributed by atoms with Gasteiger partial charge in [-0.15, -0.1) is 11.3 Å². The van der Waals surface area contributed by atoms with Crippen molar-refractivity contribution >= 4 is 17.6 Å². The largest absolute Gasteiger partial charge is 0.303 e. The van der Waals surface area contributed by atoms with Crippen LogP contribution in [0.3, 0.4) is 0 Å². The summed E-state index contributed by atoms with van der Waals surface area (Å²) in [5, 5.41) is 2.11. The van der Waals surface area contributed by atoms with Crippen LogP contribution in [0.5, 0.6) is 0 Å². The molecule has 2 heteroatoms. The van der Waals surface area contributed by atoms with Crippen LogP contribution in [0.2, 0.25) is 0 Å². The molecule has 12 heavy (non-hydrogen) atoms. The van der Waals surface area contributed by atoms with E-state index in [4.69, 9.17) is 0 Å². The van der Waals surface area contributed by atoms with E-state index in [1.807, 2.05) is 11.3 Å². The third-order valence-corrected chi connectivity index (χ3v) is 2.76. The minimum atomic E-state index is 0.727. The van der Waals surface area contributed by atoms with Gasteiger partial charge in [-0.2, -0.15) is 0 Å². The summed E-state index contributed by atoms with van der Waals surface area (Å²) >= 11 is 1.82. The third-order valence-electron chi connectivity index (χ3n) is 1.83. The van der Waals surface area contributed by atoms with Crippen LogP contribution < -0.4 is 0 Å². The van der Waals surface area contributed by atoms with Gasteiger partial charge in [-0.3, -0.25) is 0 Å². The molecule has 0 saturated carbocycles. The predicted octanol–water partition coefficient (Wildman–Crippen LogP) is 3.05. The summed E-state index contributed by atoms with van der Waals surface area (Å²) in [6.45, 7) is 0. The molecule has 0 fully saturated rings. The first-order valence-corrected chi connectivity index (χ1v) is 5.27. The van der Waals surface area contributed by atoms with E-state index in [1.54, 1.807) is 0 Å². The Morgan fingerprint density at radius 1 is 1.33 bits per heavy atom. The average molecular weight is 182 g/mol. The Bertz CT molecular complexity index is 204. The Balaban J connectivity index is 2.00. The normalized spacial score (nSPS) is 10.0. The molecule has 1 nitrogen and oxygen atoms in total. The number of thiophene rings is 1. The van der Waals surface area contributed by atoms with E-state index < -0.39 is 0 Å². The van der Waals surface area contributed by atoms with E-state index in [-0.39, 0.29) is 0 Å². The molecule has 1 aromatic rings. The number of aryl methyl sites for hydroxylation is 1. The van der Waals surface area contributed by atoms with Crippen molar-refractivity contribution in [3.8, 4) is 0 Å². The van der Waals surface area contributed by atoms with E-state index in [0.717, 1.165) is 19.1 Å². The summed E-state index contributed by atoms with van der Waals surface area (Å²) in [5.41, 5.74) is 0. The topological polar surface area (TPSA) is 17.1 Å². The fourth-order valence-corrected chi connectivity index (χ4v) is 1.91. The SMILES string of the molecule is O=CCCCCCc1cccs1.